The first-order chi connectivity index (χ1) is 7.49. The van der Waals surface area contributed by atoms with Gasteiger partial charge in [0.05, 0.1) is 6.54 Å². The molecular formula is C10H18N2O4. The van der Waals surface area contributed by atoms with Gasteiger partial charge in [0.15, 0.2) is 6.10 Å². The Hall–Kier alpha value is -1.30. The van der Waals surface area contributed by atoms with Gasteiger partial charge in [0.1, 0.15) is 0 Å². The molecule has 1 aliphatic carbocycles. The second-order valence-corrected chi connectivity index (χ2v) is 4.18. The quantitative estimate of drug-likeness (QED) is 0.537. The van der Waals surface area contributed by atoms with Crippen LogP contribution < -0.4 is 10.6 Å². The number of carboxylic acid groups (broad SMARTS) is 1. The standard InChI is InChI=1S/C10H18N2O4/c1-2-10(4-3-5-10)12-9(16)11-6-7(13)8(14)15/h7,13H,2-6H2,1H3,(H,14,15)(H2,11,12,16). The number of aliphatic hydroxyl groups is 1. The van der Waals surface area contributed by atoms with Crippen molar-refractivity contribution in [3.05, 3.63) is 0 Å². The molecule has 0 heterocycles. The molecule has 4 N–H and O–H groups in total. The third-order valence-corrected chi connectivity index (χ3v) is 3.11. The third kappa shape index (κ3) is 3.10. The Balaban J connectivity index is 2.28. The highest BCUT2D eigenvalue weighted by atomic mass is 16.4. The van der Waals surface area contributed by atoms with E-state index in [0.717, 1.165) is 25.7 Å². The monoisotopic (exact) mass is 230 g/mol. The molecule has 1 fully saturated rings. The summed E-state index contributed by atoms with van der Waals surface area (Å²) in [6.45, 7) is 1.73. The van der Waals surface area contributed by atoms with E-state index in [-0.39, 0.29) is 12.1 Å². The van der Waals surface area contributed by atoms with E-state index in [0.29, 0.717) is 0 Å². The topological polar surface area (TPSA) is 98.7 Å². The summed E-state index contributed by atoms with van der Waals surface area (Å²) in [6, 6.07) is -0.415. The average Bonchev–Trinajstić information content (AvgIpc) is 2.19. The first kappa shape index (κ1) is 12.8. The third-order valence-electron chi connectivity index (χ3n) is 3.11. The van der Waals surface area contributed by atoms with Gasteiger partial charge in [-0.05, 0) is 25.7 Å². The molecule has 0 aromatic rings. The lowest BCUT2D eigenvalue weighted by atomic mass is 9.75. The number of rotatable bonds is 5. The van der Waals surface area contributed by atoms with Crippen LogP contribution in [0.4, 0.5) is 4.79 Å². The lowest BCUT2D eigenvalue weighted by Gasteiger charge is -2.41. The van der Waals surface area contributed by atoms with Gasteiger partial charge in [-0.15, -0.1) is 0 Å². The van der Waals surface area contributed by atoms with E-state index < -0.39 is 18.1 Å². The van der Waals surface area contributed by atoms with Crippen LogP contribution in [0.1, 0.15) is 32.6 Å². The molecule has 1 saturated carbocycles. The number of amides is 2. The number of carbonyl (C=O) groups excluding carboxylic acids is 1. The molecule has 6 nitrogen and oxygen atoms in total. The summed E-state index contributed by atoms with van der Waals surface area (Å²) < 4.78 is 0. The van der Waals surface area contributed by atoms with Crippen LogP contribution in [0.2, 0.25) is 0 Å². The highest BCUT2D eigenvalue weighted by Gasteiger charge is 2.36. The molecule has 0 aromatic carbocycles. The predicted octanol–water partition coefficient (Wildman–Crippen LogP) is 0.0638. The highest BCUT2D eigenvalue weighted by molar-refractivity contribution is 5.77. The number of aliphatic hydroxyl groups excluding tert-OH is 1. The Bertz CT molecular complexity index is 270. The smallest absolute Gasteiger partial charge is 0.334 e. The largest absolute Gasteiger partial charge is 0.479 e. The molecule has 0 saturated heterocycles. The van der Waals surface area contributed by atoms with Gasteiger partial charge in [-0.25, -0.2) is 9.59 Å². The molecule has 0 radical (unpaired) electrons. The molecular weight excluding hydrogens is 212 g/mol. The van der Waals surface area contributed by atoms with Crippen LogP contribution >= 0.6 is 0 Å². The van der Waals surface area contributed by atoms with Crippen molar-refractivity contribution in [2.75, 3.05) is 6.54 Å². The number of hydrogen-bond acceptors (Lipinski definition) is 3. The minimum Gasteiger partial charge on any atom is -0.479 e. The van der Waals surface area contributed by atoms with Crippen molar-refractivity contribution in [3.8, 4) is 0 Å². The molecule has 1 unspecified atom stereocenters. The summed E-state index contributed by atoms with van der Waals surface area (Å²) in [5.41, 5.74) is -0.127. The molecule has 1 atom stereocenters. The van der Waals surface area contributed by atoms with Gasteiger partial charge < -0.3 is 20.8 Å². The number of aliphatic carboxylic acids is 1. The molecule has 92 valence electrons. The lowest BCUT2D eigenvalue weighted by Crippen LogP contribution is -2.56. The first-order valence-corrected chi connectivity index (χ1v) is 5.46. The van der Waals surface area contributed by atoms with Gasteiger partial charge in [-0.1, -0.05) is 6.92 Å². The van der Waals surface area contributed by atoms with Crippen LogP contribution in [-0.4, -0.2) is 40.4 Å². The summed E-state index contributed by atoms with van der Waals surface area (Å²) in [6.07, 6.45) is 2.33. The van der Waals surface area contributed by atoms with Gasteiger partial charge in [-0.3, -0.25) is 0 Å². The SMILES string of the molecule is CCC1(NC(=O)NCC(O)C(=O)O)CCC1. The van der Waals surface area contributed by atoms with Crippen LogP contribution in [0.3, 0.4) is 0 Å². The molecule has 0 spiro atoms. The molecule has 16 heavy (non-hydrogen) atoms. The molecule has 0 aromatic heterocycles. The van der Waals surface area contributed by atoms with Crippen molar-refractivity contribution in [2.24, 2.45) is 0 Å². The van der Waals surface area contributed by atoms with Gasteiger partial charge in [0.2, 0.25) is 0 Å². The fourth-order valence-corrected chi connectivity index (χ4v) is 1.73. The van der Waals surface area contributed by atoms with E-state index in [1.54, 1.807) is 0 Å². The maximum Gasteiger partial charge on any atom is 0.334 e. The van der Waals surface area contributed by atoms with Crippen molar-refractivity contribution in [3.63, 3.8) is 0 Å². The van der Waals surface area contributed by atoms with Crippen molar-refractivity contribution >= 4 is 12.0 Å². The van der Waals surface area contributed by atoms with Crippen LogP contribution in [0.25, 0.3) is 0 Å². The minimum atomic E-state index is -1.55. The van der Waals surface area contributed by atoms with Crippen LogP contribution in [0.15, 0.2) is 0 Å². The van der Waals surface area contributed by atoms with Gasteiger partial charge in [-0.2, -0.15) is 0 Å². The van der Waals surface area contributed by atoms with Crippen molar-refractivity contribution in [2.45, 2.75) is 44.2 Å². The number of carboxylic acids is 1. The van der Waals surface area contributed by atoms with E-state index in [9.17, 15) is 9.59 Å². The summed E-state index contributed by atoms with van der Waals surface area (Å²) in [4.78, 5) is 21.7. The second kappa shape index (κ2) is 5.16. The Morgan fingerprint density at radius 1 is 1.44 bits per heavy atom. The van der Waals surface area contributed by atoms with Gasteiger partial charge in [0.25, 0.3) is 0 Å². The van der Waals surface area contributed by atoms with E-state index in [4.69, 9.17) is 10.2 Å². The molecule has 1 aliphatic rings. The maximum atomic E-state index is 11.4. The highest BCUT2D eigenvalue weighted by Crippen LogP contribution is 2.34. The average molecular weight is 230 g/mol. The van der Waals surface area contributed by atoms with Crippen LogP contribution in [0, 0.1) is 0 Å². The van der Waals surface area contributed by atoms with E-state index in [1.807, 2.05) is 6.92 Å². The zero-order chi connectivity index (χ0) is 12.2. The zero-order valence-electron chi connectivity index (χ0n) is 9.32. The normalized spacial score (nSPS) is 19.4. The summed E-state index contributed by atoms with van der Waals surface area (Å²) >= 11 is 0. The summed E-state index contributed by atoms with van der Waals surface area (Å²) in [7, 11) is 0. The van der Waals surface area contributed by atoms with Crippen molar-refractivity contribution in [1.82, 2.24) is 10.6 Å². The Morgan fingerprint density at radius 2 is 2.06 bits per heavy atom. The number of nitrogens with one attached hydrogen (secondary N) is 2. The Labute approximate surface area is 94.0 Å². The fourth-order valence-electron chi connectivity index (χ4n) is 1.73. The summed E-state index contributed by atoms with van der Waals surface area (Å²) in [5.74, 6) is -1.34. The van der Waals surface area contributed by atoms with Crippen LogP contribution in [-0.2, 0) is 4.79 Å². The zero-order valence-corrected chi connectivity index (χ0v) is 9.32. The Kier molecular flexibility index (Phi) is 4.12. The molecule has 1 rings (SSSR count). The maximum absolute atomic E-state index is 11.4. The van der Waals surface area contributed by atoms with Crippen molar-refractivity contribution < 1.29 is 19.8 Å². The molecule has 0 bridgehead atoms. The van der Waals surface area contributed by atoms with Gasteiger partial charge >= 0.3 is 12.0 Å². The molecule has 0 aliphatic heterocycles. The van der Waals surface area contributed by atoms with E-state index >= 15 is 0 Å². The van der Waals surface area contributed by atoms with Gasteiger partial charge in [0, 0.05) is 5.54 Å². The second-order valence-electron chi connectivity index (χ2n) is 4.18. The van der Waals surface area contributed by atoms with Crippen LogP contribution in [0.5, 0.6) is 0 Å². The number of urea groups is 1. The number of hydrogen-bond donors (Lipinski definition) is 4. The van der Waals surface area contributed by atoms with Crippen molar-refractivity contribution in [1.29, 1.82) is 0 Å². The summed E-state index contributed by atoms with van der Waals surface area (Å²) in [5, 5.41) is 22.5. The Morgan fingerprint density at radius 3 is 2.44 bits per heavy atom. The predicted molar refractivity (Wildman–Crippen MR) is 57.1 cm³/mol. The lowest BCUT2D eigenvalue weighted by molar-refractivity contribution is -0.146. The molecule has 6 heteroatoms. The van der Waals surface area contributed by atoms with E-state index in [2.05, 4.69) is 10.6 Å². The van der Waals surface area contributed by atoms with E-state index in [1.165, 1.54) is 0 Å². The minimum absolute atomic E-state index is 0.127. The fraction of sp³-hybridized carbons (Fsp3) is 0.800. The number of carbonyl (C=O) groups is 2. The first-order valence-electron chi connectivity index (χ1n) is 5.46. The molecule has 2 amide bonds.